The molecule has 0 unspecified atom stereocenters. The number of hydrogen-bond donors (Lipinski definition) is 1. The maximum atomic E-state index is 12.8. The lowest BCUT2D eigenvalue weighted by Gasteiger charge is -2.23. The molecule has 0 aromatic heterocycles. The highest BCUT2D eigenvalue weighted by Gasteiger charge is 2.23. The maximum Gasteiger partial charge on any atom is 0.261 e. The topological polar surface area (TPSA) is 47.6 Å². The van der Waals surface area contributed by atoms with Gasteiger partial charge in [-0.1, -0.05) is 44.2 Å². The standard InChI is InChI=1S/C22H29NO3/c1-6-18(17-13-12-15(3)16(4)14-17)23-22(24)19(7-2)26-21-11-9-8-10-20(21)25-5/h8-14,18-19H,6-7H2,1-5H3,(H,23,24)/t18-,19+/m1/s1. The first kappa shape index (κ1) is 19.8. The van der Waals surface area contributed by atoms with Gasteiger partial charge < -0.3 is 14.8 Å². The van der Waals surface area contributed by atoms with Crippen LogP contribution in [0.5, 0.6) is 11.5 Å². The molecule has 0 bridgehead atoms. The summed E-state index contributed by atoms with van der Waals surface area (Å²) in [6.45, 7) is 8.19. The molecule has 2 aromatic rings. The van der Waals surface area contributed by atoms with E-state index >= 15 is 0 Å². The Balaban J connectivity index is 2.12. The predicted octanol–water partition coefficient (Wildman–Crippen LogP) is 4.74. The van der Waals surface area contributed by atoms with Crippen LogP contribution in [0.1, 0.15) is 49.4 Å². The number of para-hydroxylation sites is 2. The van der Waals surface area contributed by atoms with Gasteiger partial charge >= 0.3 is 0 Å². The number of hydrogen-bond acceptors (Lipinski definition) is 3. The molecule has 0 aliphatic rings. The van der Waals surface area contributed by atoms with E-state index in [1.54, 1.807) is 7.11 Å². The lowest BCUT2D eigenvalue weighted by Crippen LogP contribution is -2.40. The molecule has 4 nitrogen and oxygen atoms in total. The van der Waals surface area contributed by atoms with Crippen LogP contribution in [0.15, 0.2) is 42.5 Å². The Hall–Kier alpha value is -2.49. The summed E-state index contributed by atoms with van der Waals surface area (Å²) in [5.74, 6) is 1.10. The predicted molar refractivity (Wildman–Crippen MR) is 105 cm³/mol. The summed E-state index contributed by atoms with van der Waals surface area (Å²) in [4.78, 5) is 12.8. The molecule has 0 fully saturated rings. The molecule has 1 N–H and O–H groups in total. The van der Waals surface area contributed by atoms with Crippen molar-refractivity contribution in [2.45, 2.75) is 52.7 Å². The maximum absolute atomic E-state index is 12.8. The summed E-state index contributed by atoms with van der Waals surface area (Å²) < 4.78 is 11.2. The minimum absolute atomic E-state index is 0.0304. The van der Waals surface area contributed by atoms with E-state index in [1.165, 1.54) is 11.1 Å². The van der Waals surface area contributed by atoms with Crippen LogP contribution >= 0.6 is 0 Å². The van der Waals surface area contributed by atoms with E-state index in [2.05, 4.69) is 44.3 Å². The molecule has 2 atom stereocenters. The van der Waals surface area contributed by atoms with Crippen molar-refractivity contribution in [1.82, 2.24) is 5.32 Å². The fourth-order valence-electron chi connectivity index (χ4n) is 2.86. The Morgan fingerprint density at radius 2 is 1.69 bits per heavy atom. The smallest absolute Gasteiger partial charge is 0.261 e. The first-order valence-electron chi connectivity index (χ1n) is 9.17. The highest BCUT2D eigenvalue weighted by molar-refractivity contribution is 5.81. The lowest BCUT2D eigenvalue weighted by molar-refractivity contribution is -0.129. The minimum atomic E-state index is -0.563. The molecule has 140 valence electrons. The van der Waals surface area contributed by atoms with Crippen molar-refractivity contribution in [1.29, 1.82) is 0 Å². The third-order valence-electron chi connectivity index (χ3n) is 4.66. The first-order valence-corrected chi connectivity index (χ1v) is 9.17. The van der Waals surface area contributed by atoms with Gasteiger partial charge in [-0.2, -0.15) is 0 Å². The number of ether oxygens (including phenoxy) is 2. The van der Waals surface area contributed by atoms with Crippen LogP contribution < -0.4 is 14.8 Å². The van der Waals surface area contributed by atoms with Crippen molar-refractivity contribution in [3.05, 3.63) is 59.2 Å². The molecule has 0 heterocycles. The number of carbonyl (C=O) groups excluding carboxylic acids is 1. The Kier molecular flexibility index (Phi) is 7.07. The second kappa shape index (κ2) is 9.27. The molecule has 2 rings (SSSR count). The molecule has 2 aromatic carbocycles. The molecule has 0 saturated heterocycles. The van der Waals surface area contributed by atoms with E-state index in [4.69, 9.17) is 9.47 Å². The van der Waals surface area contributed by atoms with Gasteiger partial charge in [-0.15, -0.1) is 0 Å². The molecule has 0 aliphatic carbocycles. The van der Waals surface area contributed by atoms with Crippen molar-refractivity contribution >= 4 is 5.91 Å². The normalized spacial score (nSPS) is 13.0. The van der Waals surface area contributed by atoms with Crippen LogP contribution in [-0.4, -0.2) is 19.1 Å². The van der Waals surface area contributed by atoms with Gasteiger partial charge in [-0.25, -0.2) is 0 Å². The number of aryl methyl sites for hydroxylation is 2. The summed E-state index contributed by atoms with van der Waals surface area (Å²) in [5.41, 5.74) is 3.60. The minimum Gasteiger partial charge on any atom is -0.493 e. The molecule has 0 spiro atoms. The molecule has 4 heteroatoms. The largest absolute Gasteiger partial charge is 0.493 e. The molecule has 0 saturated carbocycles. The zero-order valence-electron chi connectivity index (χ0n) is 16.3. The monoisotopic (exact) mass is 355 g/mol. The third-order valence-corrected chi connectivity index (χ3v) is 4.66. The SMILES string of the molecule is CC[C@H](Oc1ccccc1OC)C(=O)N[C@H](CC)c1ccc(C)c(C)c1. The second-order valence-electron chi connectivity index (χ2n) is 6.48. The van der Waals surface area contributed by atoms with Gasteiger partial charge in [-0.3, -0.25) is 4.79 Å². The van der Waals surface area contributed by atoms with Crippen molar-refractivity contribution in [3.8, 4) is 11.5 Å². The Morgan fingerprint density at radius 1 is 1.00 bits per heavy atom. The molecule has 1 amide bonds. The van der Waals surface area contributed by atoms with Gasteiger partial charge in [0.2, 0.25) is 0 Å². The fraction of sp³-hybridized carbons (Fsp3) is 0.409. The van der Waals surface area contributed by atoms with E-state index in [0.29, 0.717) is 17.9 Å². The van der Waals surface area contributed by atoms with Gasteiger partial charge in [0.1, 0.15) is 0 Å². The average Bonchev–Trinajstić information content (AvgIpc) is 2.66. The second-order valence-corrected chi connectivity index (χ2v) is 6.48. The van der Waals surface area contributed by atoms with Gasteiger partial charge in [0.05, 0.1) is 13.2 Å². The van der Waals surface area contributed by atoms with Crippen LogP contribution in [0.4, 0.5) is 0 Å². The number of carbonyl (C=O) groups is 1. The summed E-state index contributed by atoms with van der Waals surface area (Å²) >= 11 is 0. The third kappa shape index (κ3) is 4.78. The summed E-state index contributed by atoms with van der Waals surface area (Å²) in [6, 6.07) is 13.7. The molecule has 26 heavy (non-hydrogen) atoms. The quantitative estimate of drug-likeness (QED) is 0.744. The number of amides is 1. The zero-order valence-corrected chi connectivity index (χ0v) is 16.3. The molecular weight excluding hydrogens is 326 g/mol. The molecule has 0 radical (unpaired) electrons. The van der Waals surface area contributed by atoms with Crippen molar-refractivity contribution < 1.29 is 14.3 Å². The zero-order chi connectivity index (χ0) is 19.1. The number of rotatable bonds is 8. The highest BCUT2D eigenvalue weighted by atomic mass is 16.5. The molecular formula is C22H29NO3. The van der Waals surface area contributed by atoms with Crippen LogP contribution in [-0.2, 0) is 4.79 Å². The summed E-state index contributed by atoms with van der Waals surface area (Å²) in [6.07, 6.45) is 0.832. The van der Waals surface area contributed by atoms with Gasteiger partial charge in [0.25, 0.3) is 5.91 Å². The van der Waals surface area contributed by atoms with Gasteiger partial charge in [0.15, 0.2) is 17.6 Å². The van der Waals surface area contributed by atoms with Crippen LogP contribution in [0, 0.1) is 13.8 Å². The van der Waals surface area contributed by atoms with E-state index in [0.717, 1.165) is 12.0 Å². The van der Waals surface area contributed by atoms with E-state index in [-0.39, 0.29) is 11.9 Å². The summed E-state index contributed by atoms with van der Waals surface area (Å²) in [5, 5.41) is 3.13. The molecule has 0 aliphatic heterocycles. The lowest BCUT2D eigenvalue weighted by atomic mass is 9.99. The Morgan fingerprint density at radius 3 is 2.27 bits per heavy atom. The van der Waals surface area contributed by atoms with Crippen molar-refractivity contribution in [2.24, 2.45) is 0 Å². The number of benzene rings is 2. The number of methoxy groups -OCH3 is 1. The number of nitrogens with one attached hydrogen (secondary N) is 1. The highest BCUT2D eigenvalue weighted by Crippen LogP contribution is 2.28. The van der Waals surface area contributed by atoms with E-state index in [9.17, 15) is 4.79 Å². The Bertz CT molecular complexity index is 742. The van der Waals surface area contributed by atoms with Crippen molar-refractivity contribution in [3.63, 3.8) is 0 Å². The summed E-state index contributed by atoms with van der Waals surface area (Å²) in [7, 11) is 1.59. The van der Waals surface area contributed by atoms with Crippen LogP contribution in [0.2, 0.25) is 0 Å². The van der Waals surface area contributed by atoms with Gasteiger partial charge in [0, 0.05) is 0 Å². The average molecular weight is 355 g/mol. The Labute approximate surface area is 156 Å². The van der Waals surface area contributed by atoms with Gasteiger partial charge in [-0.05, 0) is 55.5 Å². The van der Waals surface area contributed by atoms with E-state index in [1.807, 2.05) is 31.2 Å². The van der Waals surface area contributed by atoms with Crippen LogP contribution in [0.25, 0.3) is 0 Å². The van der Waals surface area contributed by atoms with Crippen molar-refractivity contribution in [2.75, 3.05) is 7.11 Å². The van der Waals surface area contributed by atoms with Crippen LogP contribution in [0.3, 0.4) is 0 Å². The first-order chi connectivity index (χ1) is 12.5. The van der Waals surface area contributed by atoms with E-state index < -0.39 is 6.10 Å². The fourth-order valence-corrected chi connectivity index (χ4v) is 2.86.